The molecule has 0 spiro atoms. The van der Waals surface area contributed by atoms with Gasteiger partial charge in [0.05, 0.1) is 6.61 Å². The van der Waals surface area contributed by atoms with Crippen molar-refractivity contribution in [3.8, 4) is 5.75 Å². The standard InChI is InChI=1S/C17H21BrN2O2S/c1-2-22-15-13-11-12(18)5-6-14(13)23-16(15)17(21)19-7-10-20-8-3-4-9-20/h5-6,11H,2-4,7-10H2,1H3,(H,19,21). The second-order valence-electron chi connectivity index (χ2n) is 5.64. The molecule has 0 aliphatic carbocycles. The predicted octanol–water partition coefficient (Wildman–Crippen LogP) is 3.89. The number of carbonyl (C=O) groups is 1. The molecule has 2 heterocycles. The summed E-state index contributed by atoms with van der Waals surface area (Å²) >= 11 is 4.98. The molecular formula is C17H21BrN2O2S. The molecule has 1 aromatic heterocycles. The smallest absolute Gasteiger partial charge is 0.265 e. The highest BCUT2D eigenvalue weighted by Crippen LogP contribution is 2.39. The Bertz CT molecular complexity index is 695. The van der Waals surface area contributed by atoms with Gasteiger partial charge in [0.25, 0.3) is 5.91 Å². The summed E-state index contributed by atoms with van der Waals surface area (Å²) in [6.45, 7) is 6.39. The van der Waals surface area contributed by atoms with Gasteiger partial charge in [-0.05, 0) is 51.1 Å². The molecule has 0 atom stereocenters. The summed E-state index contributed by atoms with van der Waals surface area (Å²) in [5.41, 5.74) is 0. The van der Waals surface area contributed by atoms with Crippen molar-refractivity contribution in [1.82, 2.24) is 10.2 Å². The molecule has 0 radical (unpaired) electrons. The summed E-state index contributed by atoms with van der Waals surface area (Å²) in [6, 6.07) is 6.02. The largest absolute Gasteiger partial charge is 0.491 e. The summed E-state index contributed by atoms with van der Waals surface area (Å²) in [4.78, 5) is 15.6. The number of amides is 1. The summed E-state index contributed by atoms with van der Waals surface area (Å²) in [5.74, 6) is 0.664. The van der Waals surface area contributed by atoms with Crippen molar-refractivity contribution in [2.75, 3.05) is 32.8 Å². The first kappa shape index (κ1) is 16.7. The van der Waals surface area contributed by atoms with Crippen LogP contribution in [-0.4, -0.2) is 43.6 Å². The lowest BCUT2D eigenvalue weighted by molar-refractivity contribution is 0.0950. The highest BCUT2D eigenvalue weighted by Gasteiger charge is 2.20. The fourth-order valence-electron chi connectivity index (χ4n) is 2.90. The third kappa shape index (κ3) is 3.87. The van der Waals surface area contributed by atoms with Gasteiger partial charge in [0, 0.05) is 27.6 Å². The van der Waals surface area contributed by atoms with E-state index in [0.29, 0.717) is 23.8 Å². The molecule has 1 aliphatic rings. The van der Waals surface area contributed by atoms with E-state index in [9.17, 15) is 4.79 Å². The number of carbonyl (C=O) groups excluding carboxylic acids is 1. The third-order valence-electron chi connectivity index (χ3n) is 4.01. The molecule has 23 heavy (non-hydrogen) atoms. The minimum atomic E-state index is -0.0371. The number of likely N-dealkylation sites (tertiary alicyclic amines) is 1. The molecule has 1 saturated heterocycles. The second kappa shape index (κ2) is 7.64. The lowest BCUT2D eigenvalue weighted by Crippen LogP contribution is -2.33. The maximum absolute atomic E-state index is 12.6. The average molecular weight is 397 g/mol. The zero-order valence-electron chi connectivity index (χ0n) is 13.2. The van der Waals surface area contributed by atoms with Gasteiger partial charge in [-0.25, -0.2) is 0 Å². The number of thiophene rings is 1. The van der Waals surface area contributed by atoms with Gasteiger partial charge in [-0.2, -0.15) is 0 Å². The molecule has 0 bridgehead atoms. The Hall–Kier alpha value is -1.11. The van der Waals surface area contributed by atoms with Gasteiger partial charge in [0.15, 0.2) is 5.75 Å². The second-order valence-corrected chi connectivity index (χ2v) is 7.61. The van der Waals surface area contributed by atoms with Crippen molar-refractivity contribution in [2.24, 2.45) is 0 Å². The van der Waals surface area contributed by atoms with Crippen molar-refractivity contribution >= 4 is 43.3 Å². The van der Waals surface area contributed by atoms with Gasteiger partial charge in [0.2, 0.25) is 0 Å². The topological polar surface area (TPSA) is 41.6 Å². The number of hydrogen-bond acceptors (Lipinski definition) is 4. The van der Waals surface area contributed by atoms with Crippen molar-refractivity contribution in [2.45, 2.75) is 19.8 Å². The highest BCUT2D eigenvalue weighted by molar-refractivity contribution is 9.10. The van der Waals surface area contributed by atoms with Gasteiger partial charge >= 0.3 is 0 Å². The molecule has 4 nitrogen and oxygen atoms in total. The van der Waals surface area contributed by atoms with Crippen molar-refractivity contribution in [3.63, 3.8) is 0 Å². The van der Waals surface area contributed by atoms with Gasteiger partial charge in [0.1, 0.15) is 4.88 Å². The predicted molar refractivity (Wildman–Crippen MR) is 98.7 cm³/mol. The molecule has 2 aromatic rings. The number of hydrogen-bond donors (Lipinski definition) is 1. The number of nitrogens with one attached hydrogen (secondary N) is 1. The number of benzene rings is 1. The summed E-state index contributed by atoms with van der Waals surface area (Å²) in [5, 5.41) is 4.03. The van der Waals surface area contributed by atoms with Crippen LogP contribution < -0.4 is 10.1 Å². The van der Waals surface area contributed by atoms with Crippen LogP contribution in [-0.2, 0) is 0 Å². The summed E-state index contributed by atoms with van der Waals surface area (Å²) in [7, 11) is 0. The molecule has 1 N–H and O–H groups in total. The zero-order chi connectivity index (χ0) is 16.2. The minimum absolute atomic E-state index is 0.0371. The van der Waals surface area contributed by atoms with Crippen molar-refractivity contribution < 1.29 is 9.53 Å². The van der Waals surface area contributed by atoms with E-state index >= 15 is 0 Å². The van der Waals surface area contributed by atoms with Crippen LogP contribution in [0, 0.1) is 0 Å². The maximum atomic E-state index is 12.6. The highest BCUT2D eigenvalue weighted by atomic mass is 79.9. The molecule has 3 rings (SSSR count). The number of nitrogens with zero attached hydrogens (tertiary/aromatic N) is 1. The molecule has 1 amide bonds. The van der Waals surface area contributed by atoms with Crippen molar-refractivity contribution in [1.29, 1.82) is 0 Å². The molecule has 0 saturated carbocycles. The SMILES string of the molecule is CCOc1c(C(=O)NCCN2CCCC2)sc2ccc(Br)cc12. The van der Waals surface area contributed by atoms with E-state index in [1.165, 1.54) is 24.2 Å². The fourth-order valence-corrected chi connectivity index (χ4v) is 4.30. The monoisotopic (exact) mass is 396 g/mol. The van der Waals surface area contributed by atoms with Crippen LogP contribution in [0.3, 0.4) is 0 Å². The van der Waals surface area contributed by atoms with Gasteiger partial charge < -0.3 is 15.0 Å². The molecule has 6 heteroatoms. The Morgan fingerprint density at radius 3 is 2.91 bits per heavy atom. The molecular weight excluding hydrogens is 376 g/mol. The Labute approximate surface area is 148 Å². The van der Waals surface area contributed by atoms with E-state index in [1.807, 2.05) is 25.1 Å². The Morgan fingerprint density at radius 1 is 1.39 bits per heavy atom. The Balaban J connectivity index is 1.74. The summed E-state index contributed by atoms with van der Waals surface area (Å²) in [6.07, 6.45) is 2.54. The van der Waals surface area contributed by atoms with Crippen LogP contribution in [0.25, 0.3) is 10.1 Å². The lowest BCUT2D eigenvalue weighted by atomic mass is 10.2. The first-order valence-corrected chi connectivity index (χ1v) is 9.65. The van der Waals surface area contributed by atoms with Crippen LogP contribution in [0.5, 0.6) is 5.75 Å². The van der Waals surface area contributed by atoms with E-state index in [-0.39, 0.29) is 5.91 Å². The van der Waals surface area contributed by atoms with Gasteiger partial charge in [-0.15, -0.1) is 11.3 Å². The van der Waals surface area contributed by atoms with E-state index in [2.05, 4.69) is 26.1 Å². The number of ether oxygens (including phenoxy) is 1. The number of rotatable bonds is 6. The van der Waals surface area contributed by atoms with Crippen LogP contribution in [0.15, 0.2) is 22.7 Å². The maximum Gasteiger partial charge on any atom is 0.265 e. The normalized spacial score (nSPS) is 15.2. The molecule has 1 aliphatic heterocycles. The quantitative estimate of drug-likeness (QED) is 0.804. The van der Waals surface area contributed by atoms with Gasteiger partial charge in [-0.1, -0.05) is 15.9 Å². The van der Waals surface area contributed by atoms with Crippen LogP contribution in [0.1, 0.15) is 29.4 Å². The number of fused-ring (bicyclic) bond motifs is 1. The molecule has 1 fully saturated rings. The summed E-state index contributed by atoms with van der Waals surface area (Å²) < 4.78 is 7.83. The molecule has 1 aromatic carbocycles. The first-order valence-electron chi connectivity index (χ1n) is 8.04. The minimum Gasteiger partial charge on any atom is -0.491 e. The zero-order valence-corrected chi connectivity index (χ0v) is 15.6. The van der Waals surface area contributed by atoms with Crippen LogP contribution in [0.2, 0.25) is 0 Å². The Kier molecular flexibility index (Phi) is 5.56. The number of halogens is 1. The van der Waals surface area contributed by atoms with E-state index in [1.54, 1.807) is 0 Å². The van der Waals surface area contributed by atoms with E-state index < -0.39 is 0 Å². The fraction of sp³-hybridized carbons (Fsp3) is 0.471. The van der Waals surface area contributed by atoms with E-state index in [4.69, 9.17) is 4.74 Å². The van der Waals surface area contributed by atoms with Crippen LogP contribution in [0.4, 0.5) is 0 Å². The van der Waals surface area contributed by atoms with Crippen LogP contribution >= 0.6 is 27.3 Å². The average Bonchev–Trinajstić information content (AvgIpc) is 3.16. The first-order chi connectivity index (χ1) is 11.2. The lowest BCUT2D eigenvalue weighted by Gasteiger charge is -2.14. The van der Waals surface area contributed by atoms with E-state index in [0.717, 1.165) is 34.2 Å². The molecule has 0 unspecified atom stereocenters. The molecule has 124 valence electrons. The van der Waals surface area contributed by atoms with Gasteiger partial charge in [-0.3, -0.25) is 4.79 Å². The Morgan fingerprint density at radius 2 is 2.17 bits per heavy atom. The van der Waals surface area contributed by atoms with Crippen molar-refractivity contribution in [3.05, 3.63) is 27.5 Å². The third-order valence-corrected chi connectivity index (χ3v) is 5.66.